The van der Waals surface area contributed by atoms with E-state index in [2.05, 4.69) is 19.9 Å². The topological polar surface area (TPSA) is 126 Å². The van der Waals surface area contributed by atoms with E-state index in [4.69, 9.17) is 9.90 Å². The van der Waals surface area contributed by atoms with E-state index in [1.807, 2.05) is 4.90 Å². The molecule has 0 atom stereocenters. The minimum atomic E-state index is -0.250. The normalized spacial score (nSPS) is 18.8. The van der Waals surface area contributed by atoms with Gasteiger partial charge in [-0.25, -0.2) is 0 Å². The summed E-state index contributed by atoms with van der Waals surface area (Å²) in [6.45, 7) is 3.38. The molecule has 1 fully saturated rings. The van der Waals surface area contributed by atoms with Crippen LogP contribution in [0.15, 0.2) is 6.07 Å². The molecule has 5 rings (SSSR count). The van der Waals surface area contributed by atoms with Gasteiger partial charge in [-0.3, -0.25) is 19.1 Å². The molecule has 11 heteroatoms. The summed E-state index contributed by atoms with van der Waals surface area (Å²) < 4.78 is 3.98. The molecule has 172 valence electrons. The molecule has 1 saturated heterocycles. The molecule has 0 saturated carbocycles. The van der Waals surface area contributed by atoms with Crippen molar-refractivity contribution in [2.24, 2.45) is 0 Å². The highest BCUT2D eigenvalue weighted by Crippen LogP contribution is 2.29. The Balaban J connectivity index is 0.000000775. The molecule has 2 aromatic rings. The SMILES string of the molecule is CN1CCn2nc(C(=O)N3CCC(c4nnc5n4CCCCC5)CC3)cc2C1=O.O=CO. The van der Waals surface area contributed by atoms with E-state index in [-0.39, 0.29) is 18.3 Å². The zero-order valence-corrected chi connectivity index (χ0v) is 18.3. The Morgan fingerprint density at radius 2 is 1.84 bits per heavy atom. The molecule has 3 aliphatic rings. The zero-order chi connectivity index (χ0) is 22.7. The lowest BCUT2D eigenvalue weighted by atomic mass is 9.95. The minimum Gasteiger partial charge on any atom is -0.483 e. The molecular weight excluding hydrogens is 414 g/mol. The lowest BCUT2D eigenvalue weighted by Crippen LogP contribution is -2.38. The molecule has 5 heterocycles. The van der Waals surface area contributed by atoms with E-state index in [1.165, 1.54) is 19.3 Å². The Kier molecular flexibility index (Phi) is 6.52. The first-order valence-electron chi connectivity index (χ1n) is 11.2. The third kappa shape index (κ3) is 4.23. The maximum atomic E-state index is 13.0. The van der Waals surface area contributed by atoms with Crippen molar-refractivity contribution in [2.75, 3.05) is 26.7 Å². The van der Waals surface area contributed by atoms with Crippen LogP contribution in [-0.4, -0.2) is 84.4 Å². The molecule has 3 aliphatic heterocycles. The maximum absolute atomic E-state index is 13.0. The van der Waals surface area contributed by atoms with Crippen LogP contribution in [0.1, 0.15) is 70.6 Å². The summed E-state index contributed by atoms with van der Waals surface area (Å²) in [6.07, 6.45) is 6.43. The number of likely N-dealkylation sites (N-methyl/N-ethyl adjacent to an activating group) is 1. The summed E-state index contributed by atoms with van der Waals surface area (Å²) in [5.74, 6) is 2.41. The van der Waals surface area contributed by atoms with Crippen LogP contribution in [0.3, 0.4) is 0 Å². The lowest BCUT2D eigenvalue weighted by Gasteiger charge is -2.31. The summed E-state index contributed by atoms with van der Waals surface area (Å²) >= 11 is 0. The smallest absolute Gasteiger partial charge is 0.290 e. The average Bonchev–Trinajstić information content (AvgIpc) is 3.34. The number of carbonyl (C=O) groups is 3. The molecule has 0 bridgehead atoms. The van der Waals surface area contributed by atoms with Crippen LogP contribution in [-0.2, 0) is 24.3 Å². The van der Waals surface area contributed by atoms with Crippen molar-refractivity contribution in [3.63, 3.8) is 0 Å². The van der Waals surface area contributed by atoms with Gasteiger partial charge in [-0.1, -0.05) is 6.42 Å². The monoisotopic (exact) mass is 443 g/mol. The Morgan fingerprint density at radius 3 is 2.59 bits per heavy atom. The predicted octanol–water partition coefficient (Wildman–Crippen LogP) is 1.01. The van der Waals surface area contributed by atoms with Crippen molar-refractivity contribution < 1.29 is 19.5 Å². The van der Waals surface area contributed by atoms with Gasteiger partial charge in [0, 0.05) is 51.6 Å². The first kappa shape index (κ1) is 22.0. The van der Waals surface area contributed by atoms with Crippen LogP contribution < -0.4 is 0 Å². The Labute approximate surface area is 186 Å². The zero-order valence-electron chi connectivity index (χ0n) is 18.3. The van der Waals surface area contributed by atoms with Gasteiger partial charge in [-0.2, -0.15) is 5.10 Å². The average molecular weight is 444 g/mol. The van der Waals surface area contributed by atoms with Crippen LogP contribution >= 0.6 is 0 Å². The summed E-state index contributed by atoms with van der Waals surface area (Å²) in [6, 6.07) is 1.64. The van der Waals surface area contributed by atoms with Gasteiger partial charge in [0.1, 0.15) is 17.3 Å². The number of amides is 2. The van der Waals surface area contributed by atoms with Crippen LogP contribution in [0.5, 0.6) is 0 Å². The fourth-order valence-corrected chi connectivity index (χ4v) is 4.72. The first-order chi connectivity index (χ1) is 15.5. The van der Waals surface area contributed by atoms with Gasteiger partial charge < -0.3 is 19.5 Å². The molecular formula is C21H29N7O4. The Hall–Kier alpha value is -3.24. The summed E-state index contributed by atoms with van der Waals surface area (Å²) in [5, 5.41) is 20.2. The molecule has 0 aliphatic carbocycles. The highest BCUT2D eigenvalue weighted by Gasteiger charge is 2.31. The molecule has 0 unspecified atom stereocenters. The number of nitrogens with zero attached hydrogens (tertiary/aromatic N) is 7. The summed E-state index contributed by atoms with van der Waals surface area (Å²) in [5.41, 5.74) is 0.876. The van der Waals surface area contributed by atoms with Crippen LogP contribution in [0.4, 0.5) is 0 Å². The quantitative estimate of drug-likeness (QED) is 0.686. The highest BCUT2D eigenvalue weighted by atomic mass is 16.3. The van der Waals surface area contributed by atoms with E-state index in [0.29, 0.717) is 43.5 Å². The number of piperidine rings is 1. The molecule has 11 nitrogen and oxygen atoms in total. The highest BCUT2D eigenvalue weighted by molar-refractivity contribution is 5.98. The molecule has 1 N–H and O–H groups in total. The largest absolute Gasteiger partial charge is 0.483 e. The second-order valence-electron chi connectivity index (χ2n) is 8.47. The Bertz CT molecular complexity index is 990. The number of carbonyl (C=O) groups excluding carboxylic acids is 2. The molecule has 0 radical (unpaired) electrons. The van der Waals surface area contributed by atoms with Crippen LogP contribution in [0, 0.1) is 0 Å². The number of rotatable bonds is 2. The predicted molar refractivity (Wildman–Crippen MR) is 113 cm³/mol. The van der Waals surface area contributed by atoms with Crippen molar-refractivity contribution in [1.82, 2.24) is 34.3 Å². The van der Waals surface area contributed by atoms with Gasteiger partial charge in [0.05, 0.1) is 6.54 Å². The van der Waals surface area contributed by atoms with Crippen molar-refractivity contribution in [3.05, 3.63) is 29.1 Å². The second-order valence-corrected chi connectivity index (χ2v) is 8.47. The fourth-order valence-electron chi connectivity index (χ4n) is 4.72. The number of fused-ring (bicyclic) bond motifs is 2. The third-order valence-electron chi connectivity index (χ3n) is 6.50. The van der Waals surface area contributed by atoms with Gasteiger partial charge in [0.15, 0.2) is 5.69 Å². The molecule has 2 amide bonds. The standard InChI is InChI=1S/C20H27N7O2.CH2O2/c1-24-11-12-27-16(20(24)29)13-15(23-27)19(28)25-9-6-14(7-10-25)18-22-21-17-5-3-2-4-8-26(17)18;2-1-3/h13-14H,2-12H2,1H3;1H,(H,2,3). The van der Waals surface area contributed by atoms with Gasteiger partial charge in [-0.05, 0) is 25.7 Å². The molecule has 2 aromatic heterocycles. The Morgan fingerprint density at radius 1 is 1.09 bits per heavy atom. The van der Waals surface area contributed by atoms with E-state index < -0.39 is 0 Å². The van der Waals surface area contributed by atoms with E-state index in [1.54, 1.807) is 22.7 Å². The van der Waals surface area contributed by atoms with Gasteiger partial charge in [-0.15, -0.1) is 10.2 Å². The molecule has 0 spiro atoms. The molecule has 32 heavy (non-hydrogen) atoms. The number of hydrogen-bond acceptors (Lipinski definition) is 6. The third-order valence-corrected chi connectivity index (χ3v) is 6.50. The van der Waals surface area contributed by atoms with Crippen molar-refractivity contribution >= 4 is 18.3 Å². The second kappa shape index (κ2) is 9.49. The number of hydrogen-bond donors (Lipinski definition) is 1. The number of carboxylic acid groups (broad SMARTS) is 1. The van der Waals surface area contributed by atoms with Crippen molar-refractivity contribution in [2.45, 2.75) is 57.5 Å². The number of likely N-dealkylation sites (tertiary alicyclic amines) is 1. The summed E-state index contributed by atoms with van der Waals surface area (Å²) in [4.78, 5) is 37.1. The minimum absolute atomic E-state index is 0.0750. The van der Waals surface area contributed by atoms with Crippen LogP contribution in [0.25, 0.3) is 0 Å². The van der Waals surface area contributed by atoms with E-state index in [9.17, 15) is 9.59 Å². The number of aromatic nitrogens is 5. The maximum Gasteiger partial charge on any atom is 0.290 e. The first-order valence-corrected chi connectivity index (χ1v) is 11.2. The van der Waals surface area contributed by atoms with Gasteiger partial charge >= 0.3 is 0 Å². The fraction of sp³-hybridized carbons (Fsp3) is 0.619. The van der Waals surface area contributed by atoms with Gasteiger partial charge in [0.25, 0.3) is 18.3 Å². The lowest BCUT2D eigenvalue weighted by molar-refractivity contribution is -0.122. The molecule has 0 aromatic carbocycles. The number of aryl methyl sites for hydroxylation is 1. The van der Waals surface area contributed by atoms with Gasteiger partial charge in [0.2, 0.25) is 0 Å². The summed E-state index contributed by atoms with van der Waals surface area (Å²) in [7, 11) is 1.77. The van der Waals surface area contributed by atoms with Crippen molar-refractivity contribution in [3.8, 4) is 0 Å². The van der Waals surface area contributed by atoms with E-state index in [0.717, 1.165) is 37.5 Å². The van der Waals surface area contributed by atoms with Crippen molar-refractivity contribution in [1.29, 1.82) is 0 Å². The van der Waals surface area contributed by atoms with Crippen LogP contribution in [0.2, 0.25) is 0 Å². The van der Waals surface area contributed by atoms with E-state index >= 15 is 0 Å².